The third kappa shape index (κ3) is 3.57. The van der Waals surface area contributed by atoms with Gasteiger partial charge >= 0.3 is 0 Å². The largest absolute Gasteiger partial charge is 0.458 e. The SMILES string of the molecule is NNC(CSC1CCCCC1)c1cc2cccc(Cl)c2o1. The van der Waals surface area contributed by atoms with Crippen molar-refractivity contribution in [2.24, 2.45) is 5.84 Å². The summed E-state index contributed by atoms with van der Waals surface area (Å²) in [5.74, 6) is 7.52. The first kappa shape index (κ1) is 15.2. The molecule has 0 amide bonds. The van der Waals surface area contributed by atoms with Gasteiger partial charge in [-0.3, -0.25) is 5.84 Å². The van der Waals surface area contributed by atoms with Gasteiger partial charge < -0.3 is 4.42 Å². The third-order valence-corrected chi connectivity index (χ3v) is 5.88. The lowest BCUT2D eigenvalue weighted by Crippen LogP contribution is -2.30. The van der Waals surface area contributed by atoms with Crippen LogP contribution in [0.5, 0.6) is 0 Å². The van der Waals surface area contributed by atoms with Crippen molar-refractivity contribution in [3.63, 3.8) is 0 Å². The molecule has 1 saturated carbocycles. The van der Waals surface area contributed by atoms with Crippen molar-refractivity contribution in [1.29, 1.82) is 0 Å². The summed E-state index contributed by atoms with van der Waals surface area (Å²) in [5, 5.41) is 2.44. The number of benzene rings is 1. The zero-order chi connectivity index (χ0) is 14.7. The van der Waals surface area contributed by atoms with Gasteiger partial charge in [-0.05, 0) is 25.0 Å². The van der Waals surface area contributed by atoms with Crippen molar-refractivity contribution in [3.8, 4) is 0 Å². The highest BCUT2D eigenvalue weighted by molar-refractivity contribution is 7.99. The lowest BCUT2D eigenvalue weighted by molar-refractivity contribution is 0.462. The van der Waals surface area contributed by atoms with Crippen LogP contribution in [-0.2, 0) is 0 Å². The average molecular weight is 325 g/mol. The second-order valence-electron chi connectivity index (χ2n) is 5.62. The van der Waals surface area contributed by atoms with Crippen LogP contribution in [0, 0.1) is 0 Å². The van der Waals surface area contributed by atoms with Gasteiger partial charge in [0.05, 0.1) is 11.1 Å². The molecule has 2 aromatic rings. The highest BCUT2D eigenvalue weighted by atomic mass is 35.5. The molecule has 1 unspecified atom stereocenters. The molecule has 1 aromatic carbocycles. The zero-order valence-corrected chi connectivity index (χ0v) is 13.6. The van der Waals surface area contributed by atoms with Gasteiger partial charge in [-0.1, -0.05) is 43.0 Å². The number of para-hydroxylation sites is 1. The maximum absolute atomic E-state index is 6.17. The van der Waals surface area contributed by atoms with E-state index >= 15 is 0 Å². The van der Waals surface area contributed by atoms with E-state index in [4.69, 9.17) is 21.9 Å². The van der Waals surface area contributed by atoms with Gasteiger partial charge in [0.15, 0.2) is 5.58 Å². The summed E-state index contributed by atoms with van der Waals surface area (Å²) >= 11 is 8.17. The van der Waals surface area contributed by atoms with Crippen LogP contribution in [0.25, 0.3) is 11.0 Å². The summed E-state index contributed by atoms with van der Waals surface area (Å²) in [4.78, 5) is 0. The van der Waals surface area contributed by atoms with E-state index in [0.29, 0.717) is 5.02 Å². The van der Waals surface area contributed by atoms with Gasteiger partial charge in [0.25, 0.3) is 0 Å². The molecule has 1 fully saturated rings. The van der Waals surface area contributed by atoms with Crippen LogP contribution in [-0.4, -0.2) is 11.0 Å². The van der Waals surface area contributed by atoms with Crippen LogP contribution in [0.1, 0.15) is 43.9 Å². The Morgan fingerprint density at radius 2 is 2.14 bits per heavy atom. The predicted molar refractivity (Wildman–Crippen MR) is 90.6 cm³/mol. The number of nitrogens with two attached hydrogens (primary N) is 1. The summed E-state index contributed by atoms with van der Waals surface area (Å²) in [5.41, 5.74) is 3.63. The Bertz CT molecular complexity index is 595. The number of hydrogen-bond donors (Lipinski definition) is 2. The zero-order valence-electron chi connectivity index (χ0n) is 12.0. The normalized spacial score (nSPS) is 18.2. The van der Waals surface area contributed by atoms with Gasteiger partial charge in [-0.15, -0.1) is 0 Å². The Morgan fingerprint density at radius 3 is 2.86 bits per heavy atom. The Labute approximate surface area is 134 Å². The van der Waals surface area contributed by atoms with Crippen LogP contribution in [0.2, 0.25) is 5.02 Å². The minimum absolute atomic E-state index is 0.0281. The average Bonchev–Trinajstić information content (AvgIpc) is 2.94. The van der Waals surface area contributed by atoms with Gasteiger partial charge in [0.1, 0.15) is 5.76 Å². The molecule has 1 aromatic heterocycles. The fraction of sp³-hybridized carbons (Fsp3) is 0.500. The summed E-state index contributed by atoms with van der Waals surface area (Å²) in [6.07, 6.45) is 6.76. The fourth-order valence-corrected chi connectivity index (χ4v) is 4.51. The number of fused-ring (bicyclic) bond motifs is 1. The number of rotatable bonds is 5. The van der Waals surface area contributed by atoms with Gasteiger partial charge in [-0.25, -0.2) is 5.43 Å². The van der Waals surface area contributed by atoms with Crippen LogP contribution >= 0.6 is 23.4 Å². The van der Waals surface area contributed by atoms with E-state index in [2.05, 4.69) is 5.43 Å². The molecule has 5 heteroatoms. The maximum atomic E-state index is 6.17. The monoisotopic (exact) mass is 324 g/mol. The van der Waals surface area contributed by atoms with Crippen molar-refractivity contribution in [1.82, 2.24) is 5.43 Å². The molecule has 0 bridgehead atoms. The molecular weight excluding hydrogens is 304 g/mol. The Balaban J connectivity index is 1.70. The molecule has 3 nitrogen and oxygen atoms in total. The molecular formula is C16H21ClN2OS. The summed E-state index contributed by atoms with van der Waals surface area (Å²) in [6.45, 7) is 0. The standard InChI is InChI=1S/C16H21ClN2OS/c17-13-8-4-5-11-9-15(20-16(11)13)14(19-18)10-21-12-6-2-1-3-7-12/h4-5,8-9,12,14,19H,1-3,6-7,10,18H2. The van der Waals surface area contributed by atoms with Crippen LogP contribution in [0.3, 0.4) is 0 Å². The molecule has 1 atom stereocenters. The lowest BCUT2D eigenvalue weighted by Gasteiger charge is -2.23. The van der Waals surface area contributed by atoms with Crippen LogP contribution in [0.15, 0.2) is 28.7 Å². The molecule has 0 spiro atoms. The molecule has 1 heterocycles. The topological polar surface area (TPSA) is 51.2 Å². The molecule has 21 heavy (non-hydrogen) atoms. The highest BCUT2D eigenvalue weighted by Gasteiger charge is 2.20. The van der Waals surface area contributed by atoms with Crippen molar-refractivity contribution < 1.29 is 4.42 Å². The summed E-state index contributed by atoms with van der Waals surface area (Å²) < 4.78 is 5.90. The maximum Gasteiger partial charge on any atom is 0.152 e. The molecule has 0 aliphatic heterocycles. The Kier molecular flexibility index (Phi) is 5.11. The first-order valence-corrected chi connectivity index (χ1v) is 8.96. The first-order valence-electron chi connectivity index (χ1n) is 7.53. The molecule has 0 radical (unpaired) electrons. The molecule has 1 aliphatic carbocycles. The van der Waals surface area contributed by atoms with Crippen LogP contribution < -0.4 is 11.3 Å². The van der Waals surface area contributed by atoms with E-state index in [1.807, 2.05) is 36.0 Å². The number of nitrogens with one attached hydrogen (secondary N) is 1. The number of furan rings is 1. The minimum atomic E-state index is 0.0281. The van der Waals surface area contributed by atoms with Crippen molar-refractivity contribution in [3.05, 3.63) is 35.0 Å². The van der Waals surface area contributed by atoms with E-state index in [1.165, 1.54) is 32.1 Å². The van der Waals surface area contributed by atoms with E-state index in [-0.39, 0.29) is 6.04 Å². The van der Waals surface area contributed by atoms with Gasteiger partial charge in [0, 0.05) is 16.4 Å². The molecule has 114 valence electrons. The second kappa shape index (κ2) is 7.05. The number of hydrazine groups is 1. The van der Waals surface area contributed by atoms with Gasteiger partial charge in [-0.2, -0.15) is 11.8 Å². The quantitative estimate of drug-likeness (QED) is 0.620. The van der Waals surface area contributed by atoms with Crippen molar-refractivity contribution in [2.75, 3.05) is 5.75 Å². The van der Waals surface area contributed by atoms with E-state index in [9.17, 15) is 0 Å². The van der Waals surface area contributed by atoms with Crippen LogP contribution in [0.4, 0.5) is 0 Å². The third-order valence-electron chi connectivity index (χ3n) is 4.11. The summed E-state index contributed by atoms with van der Waals surface area (Å²) in [7, 11) is 0. The molecule has 3 N–H and O–H groups in total. The Hall–Kier alpha value is -0.680. The minimum Gasteiger partial charge on any atom is -0.458 e. The molecule has 1 aliphatic rings. The molecule has 0 saturated heterocycles. The van der Waals surface area contributed by atoms with E-state index in [0.717, 1.165) is 27.7 Å². The first-order chi connectivity index (χ1) is 10.3. The highest BCUT2D eigenvalue weighted by Crippen LogP contribution is 2.33. The molecule has 3 rings (SSSR count). The Morgan fingerprint density at radius 1 is 1.33 bits per heavy atom. The number of thioether (sulfide) groups is 1. The number of hydrogen-bond acceptors (Lipinski definition) is 4. The fourth-order valence-electron chi connectivity index (χ4n) is 2.90. The second-order valence-corrected chi connectivity index (χ2v) is 7.36. The van der Waals surface area contributed by atoms with Crippen molar-refractivity contribution in [2.45, 2.75) is 43.4 Å². The predicted octanol–water partition coefficient (Wildman–Crippen LogP) is 4.66. The lowest BCUT2D eigenvalue weighted by atomic mass is 10.0. The van der Waals surface area contributed by atoms with E-state index < -0.39 is 0 Å². The van der Waals surface area contributed by atoms with Crippen molar-refractivity contribution >= 4 is 34.3 Å². The van der Waals surface area contributed by atoms with Gasteiger partial charge in [0.2, 0.25) is 0 Å². The smallest absolute Gasteiger partial charge is 0.152 e. The number of halogens is 1. The van der Waals surface area contributed by atoms with E-state index in [1.54, 1.807) is 0 Å². The summed E-state index contributed by atoms with van der Waals surface area (Å²) in [6, 6.07) is 7.86.